The molecule has 4 saturated carbocycles. The lowest BCUT2D eigenvalue weighted by Gasteiger charge is -2.60. The highest BCUT2D eigenvalue weighted by Gasteiger charge is 2.63. The van der Waals surface area contributed by atoms with E-state index in [1.165, 1.54) is 0 Å². The summed E-state index contributed by atoms with van der Waals surface area (Å²) in [6, 6.07) is 35.6. The molecule has 0 spiro atoms. The molecule has 4 aliphatic rings. The number of carbonyl (C=O) groups is 2. The molecule has 4 bridgehead atoms. The SMILES string of the molecule is Cc1ccccc1N=C(NC(=O)C12CC3CC(C1)CC(C(=O)NC(=Nc1ccccc1C)c1ccccc1)(C3)C2)c1ccccc1. The third-order valence-corrected chi connectivity index (χ3v) is 10.3. The van der Waals surface area contributed by atoms with Crippen LogP contribution in [0.2, 0.25) is 0 Å². The van der Waals surface area contributed by atoms with Crippen LogP contribution in [0.3, 0.4) is 0 Å². The van der Waals surface area contributed by atoms with Crippen LogP contribution in [-0.4, -0.2) is 23.5 Å². The number of hydrogen-bond acceptors (Lipinski definition) is 4. The fourth-order valence-electron chi connectivity index (χ4n) is 8.41. The second-order valence-corrected chi connectivity index (χ2v) is 13.7. The first-order chi connectivity index (χ1) is 22.3. The minimum absolute atomic E-state index is 0.0215. The van der Waals surface area contributed by atoms with Gasteiger partial charge in [0.25, 0.3) is 0 Å². The number of nitrogens with one attached hydrogen (secondary N) is 2. The minimum atomic E-state index is -0.622. The Balaban J connectivity index is 1.20. The molecule has 2 amide bonds. The number of carbonyl (C=O) groups excluding carboxylic acids is 2. The van der Waals surface area contributed by atoms with Crippen molar-refractivity contribution < 1.29 is 9.59 Å². The number of amides is 2. The van der Waals surface area contributed by atoms with Gasteiger partial charge in [-0.15, -0.1) is 0 Å². The molecule has 6 heteroatoms. The highest BCUT2D eigenvalue weighted by atomic mass is 16.2. The Kier molecular flexibility index (Phi) is 7.89. The fourth-order valence-corrected chi connectivity index (χ4v) is 8.41. The van der Waals surface area contributed by atoms with E-state index in [2.05, 4.69) is 10.6 Å². The van der Waals surface area contributed by atoms with E-state index in [0.717, 1.165) is 65.7 Å². The maximum absolute atomic E-state index is 14.5. The zero-order chi connectivity index (χ0) is 31.7. The average Bonchev–Trinajstić information content (AvgIpc) is 3.06. The molecule has 232 valence electrons. The van der Waals surface area contributed by atoms with Crippen LogP contribution in [0.15, 0.2) is 119 Å². The summed E-state index contributed by atoms with van der Waals surface area (Å²) in [4.78, 5) is 38.9. The zero-order valence-electron chi connectivity index (χ0n) is 26.5. The van der Waals surface area contributed by atoms with E-state index in [-0.39, 0.29) is 11.8 Å². The van der Waals surface area contributed by atoms with Crippen molar-refractivity contribution >= 4 is 34.9 Å². The molecule has 4 aromatic rings. The number of benzene rings is 4. The Labute approximate surface area is 271 Å². The lowest BCUT2D eigenvalue weighted by atomic mass is 9.43. The molecule has 0 aliphatic heterocycles. The Morgan fingerprint density at radius 1 is 0.565 bits per heavy atom. The van der Waals surface area contributed by atoms with Gasteiger partial charge >= 0.3 is 0 Å². The molecule has 0 radical (unpaired) electrons. The van der Waals surface area contributed by atoms with Crippen molar-refractivity contribution in [3.8, 4) is 0 Å². The molecule has 46 heavy (non-hydrogen) atoms. The van der Waals surface area contributed by atoms with Crippen LogP contribution in [0.25, 0.3) is 0 Å². The smallest absolute Gasteiger partial charge is 0.231 e. The second kappa shape index (κ2) is 12.2. The van der Waals surface area contributed by atoms with E-state index >= 15 is 0 Å². The third kappa shape index (κ3) is 5.80. The van der Waals surface area contributed by atoms with Gasteiger partial charge in [-0.2, -0.15) is 0 Å². The number of rotatable bonds is 6. The molecule has 0 atom stereocenters. The topological polar surface area (TPSA) is 82.9 Å². The van der Waals surface area contributed by atoms with Crippen molar-refractivity contribution in [1.29, 1.82) is 0 Å². The molecule has 4 fully saturated rings. The van der Waals surface area contributed by atoms with Crippen molar-refractivity contribution in [2.24, 2.45) is 32.7 Å². The van der Waals surface area contributed by atoms with E-state index in [4.69, 9.17) is 9.98 Å². The molecule has 0 heterocycles. The number of amidine groups is 2. The van der Waals surface area contributed by atoms with E-state index in [0.29, 0.717) is 29.9 Å². The van der Waals surface area contributed by atoms with Crippen molar-refractivity contribution in [1.82, 2.24) is 10.6 Å². The molecular formula is C40H40N4O2. The van der Waals surface area contributed by atoms with Gasteiger partial charge in [-0.1, -0.05) is 97.1 Å². The minimum Gasteiger partial charge on any atom is -0.310 e. The van der Waals surface area contributed by atoms with Crippen molar-refractivity contribution in [2.75, 3.05) is 0 Å². The summed E-state index contributed by atoms with van der Waals surface area (Å²) in [6.45, 7) is 4.05. The summed E-state index contributed by atoms with van der Waals surface area (Å²) in [7, 11) is 0. The normalized spacial score (nSPS) is 25.3. The molecule has 2 N–H and O–H groups in total. The monoisotopic (exact) mass is 608 g/mol. The van der Waals surface area contributed by atoms with Gasteiger partial charge in [-0.25, -0.2) is 9.98 Å². The molecule has 4 aliphatic carbocycles. The van der Waals surface area contributed by atoms with Crippen LogP contribution < -0.4 is 10.6 Å². The van der Waals surface area contributed by atoms with Gasteiger partial charge in [-0.3, -0.25) is 9.59 Å². The van der Waals surface area contributed by atoms with Crippen molar-refractivity contribution in [3.63, 3.8) is 0 Å². The zero-order valence-corrected chi connectivity index (χ0v) is 26.5. The van der Waals surface area contributed by atoms with Gasteiger partial charge in [-0.05, 0) is 87.5 Å². The lowest BCUT2D eigenvalue weighted by molar-refractivity contribution is -0.165. The van der Waals surface area contributed by atoms with Gasteiger partial charge in [0.1, 0.15) is 11.7 Å². The molecule has 8 rings (SSSR count). The van der Waals surface area contributed by atoms with Gasteiger partial charge in [0, 0.05) is 11.1 Å². The summed E-state index contributed by atoms with van der Waals surface area (Å²) in [6.07, 6.45) is 4.83. The largest absolute Gasteiger partial charge is 0.310 e. The van der Waals surface area contributed by atoms with Crippen LogP contribution in [0.5, 0.6) is 0 Å². The molecular weight excluding hydrogens is 568 g/mol. The standard InChI is InChI=1S/C40H40N4O2/c1-27-13-9-11-19-33(27)41-35(31-15-5-3-6-16-31)43-37(45)39-22-29-21-30(23-39)25-40(24-29,26-39)38(46)44-36(32-17-7-4-8-18-32)42-34-20-12-10-14-28(34)2/h3-20,29-30H,21-26H2,1-2H3,(H,41,43,45)(H,42,44,46). The van der Waals surface area contributed by atoms with Gasteiger partial charge in [0.05, 0.1) is 22.2 Å². The Morgan fingerprint density at radius 2 is 0.935 bits per heavy atom. The van der Waals surface area contributed by atoms with Crippen LogP contribution >= 0.6 is 0 Å². The maximum atomic E-state index is 14.5. The number of para-hydroxylation sites is 2. The number of aryl methyl sites for hydroxylation is 2. The van der Waals surface area contributed by atoms with Crippen LogP contribution in [0.4, 0.5) is 11.4 Å². The Hall–Kier alpha value is -4.84. The fraction of sp³-hybridized carbons (Fsp3) is 0.300. The predicted octanol–water partition coefficient (Wildman–Crippen LogP) is 7.98. The quantitative estimate of drug-likeness (QED) is 0.172. The number of hydrogen-bond donors (Lipinski definition) is 2. The summed E-state index contributed by atoms with van der Waals surface area (Å²) < 4.78 is 0. The second-order valence-electron chi connectivity index (χ2n) is 13.7. The van der Waals surface area contributed by atoms with E-state index < -0.39 is 10.8 Å². The first-order valence-corrected chi connectivity index (χ1v) is 16.3. The third-order valence-electron chi connectivity index (χ3n) is 10.3. The first-order valence-electron chi connectivity index (χ1n) is 16.3. The molecule has 4 aromatic carbocycles. The Bertz CT molecular complexity index is 1680. The summed E-state index contributed by atoms with van der Waals surface area (Å²) in [5, 5.41) is 6.57. The van der Waals surface area contributed by atoms with Crippen molar-refractivity contribution in [3.05, 3.63) is 131 Å². The average molecular weight is 609 g/mol. The number of aliphatic imine (C=N–C) groups is 2. The predicted molar refractivity (Wildman–Crippen MR) is 183 cm³/mol. The summed E-state index contributed by atoms with van der Waals surface area (Å²) in [5.41, 5.74) is 4.20. The van der Waals surface area contributed by atoms with Gasteiger partial charge in [0.2, 0.25) is 11.8 Å². The lowest BCUT2D eigenvalue weighted by Crippen LogP contribution is -2.62. The van der Waals surface area contributed by atoms with Crippen LogP contribution in [0.1, 0.15) is 60.8 Å². The highest BCUT2D eigenvalue weighted by molar-refractivity contribution is 6.12. The van der Waals surface area contributed by atoms with Gasteiger partial charge < -0.3 is 10.6 Å². The van der Waals surface area contributed by atoms with Crippen LogP contribution in [-0.2, 0) is 9.59 Å². The summed E-state index contributed by atoms with van der Waals surface area (Å²) >= 11 is 0. The highest BCUT2D eigenvalue weighted by Crippen LogP contribution is 2.65. The Morgan fingerprint density at radius 3 is 1.33 bits per heavy atom. The van der Waals surface area contributed by atoms with Crippen LogP contribution in [0, 0.1) is 36.5 Å². The first kappa shape index (κ1) is 29.8. The van der Waals surface area contributed by atoms with E-state index in [1.54, 1.807) is 0 Å². The molecule has 0 saturated heterocycles. The van der Waals surface area contributed by atoms with Crippen molar-refractivity contribution in [2.45, 2.75) is 52.4 Å². The van der Waals surface area contributed by atoms with E-state index in [1.807, 2.05) is 123 Å². The van der Waals surface area contributed by atoms with E-state index in [9.17, 15) is 9.59 Å². The number of nitrogens with zero attached hydrogens (tertiary/aromatic N) is 2. The molecule has 0 aromatic heterocycles. The summed E-state index contributed by atoms with van der Waals surface area (Å²) in [5.74, 6) is 1.72. The molecule has 0 unspecified atom stereocenters. The van der Waals surface area contributed by atoms with Gasteiger partial charge in [0.15, 0.2) is 0 Å². The maximum Gasteiger partial charge on any atom is 0.231 e. The molecule has 6 nitrogen and oxygen atoms in total.